The normalized spacial score (nSPS) is 11.5. The SMILES string of the molecule is CCC(CC)CN(CC)Cc1ccc(F)cc1Br. The molecule has 0 unspecified atom stereocenters. The Hall–Kier alpha value is -0.410. The van der Waals surface area contributed by atoms with E-state index >= 15 is 0 Å². The predicted molar refractivity (Wildman–Crippen MR) is 79.1 cm³/mol. The van der Waals surface area contributed by atoms with Gasteiger partial charge in [-0.05, 0) is 30.2 Å². The number of hydrogen-bond donors (Lipinski definition) is 0. The quantitative estimate of drug-likeness (QED) is 0.695. The highest BCUT2D eigenvalue weighted by Gasteiger charge is 2.12. The van der Waals surface area contributed by atoms with Crippen molar-refractivity contribution in [3.63, 3.8) is 0 Å². The second-order valence-electron chi connectivity index (χ2n) is 4.75. The lowest BCUT2D eigenvalue weighted by atomic mass is 10.0. The predicted octanol–water partition coefficient (Wildman–Crippen LogP) is 4.85. The van der Waals surface area contributed by atoms with Crippen molar-refractivity contribution < 1.29 is 4.39 Å². The Labute approximate surface area is 119 Å². The van der Waals surface area contributed by atoms with Gasteiger partial charge in [0, 0.05) is 17.6 Å². The summed E-state index contributed by atoms with van der Waals surface area (Å²) in [5, 5.41) is 0. The van der Waals surface area contributed by atoms with Crippen molar-refractivity contribution in [2.75, 3.05) is 13.1 Å². The average molecular weight is 316 g/mol. The van der Waals surface area contributed by atoms with Crippen LogP contribution in [0.4, 0.5) is 4.39 Å². The number of hydrogen-bond acceptors (Lipinski definition) is 1. The fourth-order valence-electron chi connectivity index (χ4n) is 2.11. The van der Waals surface area contributed by atoms with E-state index in [0.29, 0.717) is 0 Å². The van der Waals surface area contributed by atoms with Crippen LogP contribution in [0.2, 0.25) is 0 Å². The van der Waals surface area contributed by atoms with Crippen LogP contribution in [-0.2, 0) is 6.54 Å². The summed E-state index contributed by atoms with van der Waals surface area (Å²) < 4.78 is 13.9. The van der Waals surface area contributed by atoms with Gasteiger partial charge in [-0.15, -0.1) is 0 Å². The van der Waals surface area contributed by atoms with Crippen LogP contribution in [0.1, 0.15) is 39.2 Å². The second-order valence-corrected chi connectivity index (χ2v) is 5.60. The zero-order valence-corrected chi connectivity index (χ0v) is 13.1. The second kappa shape index (κ2) is 7.90. The molecule has 0 atom stereocenters. The molecular formula is C15H23BrFN. The van der Waals surface area contributed by atoms with Crippen molar-refractivity contribution in [1.29, 1.82) is 0 Å². The Morgan fingerprint density at radius 1 is 1.22 bits per heavy atom. The van der Waals surface area contributed by atoms with E-state index in [4.69, 9.17) is 0 Å². The largest absolute Gasteiger partial charge is 0.299 e. The van der Waals surface area contributed by atoms with Gasteiger partial charge < -0.3 is 0 Å². The van der Waals surface area contributed by atoms with E-state index in [1.54, 1.807) is 6.07 Å². The molecule has 0 heterocycles. The van der Waals surface area contributed by atoms with E-state index in [1.165, 1.54) is 18.9 Å². The van der Waals surface area contributed by atoms with E-state index in [0.717, 1.165) is 35.6 Å². The van der Waals surface area contributed by atoms with E-state index in [2.05, 4.69) is 41.6 Å². The van der Waals surface area contributed by atoms with Gasteiger partial charge in [-0.25, -0.2) is 4.39 Å². The zero-order valence-electron chi connectivity index (χ0n) is 11.5. The first-order chi connectivity index (χ1) is 8.60. The van der Waals surface area contributed by atoms with Crippen molar-refractivity contribution in [3.8, 4) is 0 Å². The Morgan fingerprint density at radius 3 is 2.39 bits per heavy atom. The molecule has 0 saturated carbocycles. The summed E-state index contributed by atoms with van der Waals surface area (Å²) in [6.07, 6.45) is 2.44. The standard InChI is InChI=1S/C15H23BrFN/c1-4-12(5-2)10-18(6-3)11-13-7-8-14(17)9-15(13)16/h7-9,12H,4-6,10-11H2,1-3H3. The maximum atomic E-state index is 13.0. The Balaban J connectivity index is 2.67. The third-order valence-corrected chi connectivity index (χ3v) is 4.27. The minimum absolute atomic E-state index is 0.186. The van der Waals surface area contributed by atoms with Crippen molar-refractivity contribution in [2.24, 2.45) is 5.92 Å². The number of rotatable bonds is 7. The minimum Gasteiger partial charge on any atom is -0.299 e. The number of nitrogens with zero attached hydrogens (tertiary/aromatic N) is 1. The van der Waals surface area contributed by atoms with Crippen LogP contribution in [0, 0.1) is 11.7 Å². The molecule has 3 heteroatoms. The van der Waals surface area contributed by atoms with Gasteiger partial charge in [0.15, 0.2) is 0 Å². The monoisotopic (exact) mass is 315 g/mol. The average Bonchev–Trinajstić information content (AvgIpc) is 2.37. The van der Waals surface area contributed by atoms with Crippen LogP contribution in [0.25, 0.3) is 0 Å². The van der Waals surface area contributed by atoms with Crippen LogP contribution < -0.4 is 0 Å². The first kappa shape index (κ1) is 15.6. The lowest BCUT2D eigenvalue weighted by Gasteiger charge is -2.25. The lowest BCUT2D eigenvalue weighted by molar-refractivity contribution is 0.226. The molecule has 0 aliphatic carbocycles. The molecule has 1 aromatic rings. The highest BCUT2D eigenvalue weighted by Crippen LogP contribution is 2.21. The molecule has 0 aromatic heterocycles. The van der Waals surface area contributed by atoms with Gasteiger partial charge in [0.25, 0.3) is 0 Å². The first-order valence-electron chi connectivity index (χ1n) is 6.76. The van der Waals surface area contributed by atoms with Crippen LogP contribution in [0.15, 0.2) is 22.7 Å². The zero-order chi connectivity index (χ0) is 13.5. The summed E-state index contributed by atoms with van der Waals surface area (Å²) in [4.78, 5) is 2.43. The number of halogens is 2. The Morgan fingerprint density at radius 2 is 1.89 bits per heavy atom. The van der Waals surface area contributed by atoms with Gasteiger partial charge in [0.1, 0.15) is 5.82 Å². The maximum Gasteiger partial charge on any atom is 0.124 e. The molecule has 1 aromatic carbocycles. The molecule has 18 heavy (non-hydrogen) atoms. The summed E-state index contributed by atoms with van der Waals surface area (Å²) in [5.41, 5.74) is 1.16. The number of benzene rings is 1. The summed E-state index contributed by atoms with van der Waals surface area (Å²) >= 11 is 3.44. The molecule has 0 saturated heterocycles. The van der Waals surface area contributed by atoms with Crippen molar-refractivity contribution in [2.45, 2.75) is 40.2 Å². The molecule has 1 nitrogen and oxygen atoms in total. The first-order valence-corrected chi connectivity index (χ1v) is 7.56. The topological polar surface area (TPSA) is 3.24 Å². The molecule has 102 valence electrons. The maximum absolute atomic E-state index is 13.0. The van der Waals surface area contributed by atoms with Gasteiger partial charge in [-0.2, -0.15) is 0 Å². The van der Waals surface area contributed by atoms with Crippen LogP contribution in [-0.4, -0.2) is 18.0 Å². The molecule has 0 aliphatic rings. The Kier molecular flexibility index (Phi) is 6.87. The molecule has 1 rings (SSSR count). The van der Waals surface area contributed by atoms with Gasteiger partial charge in [-0.1, -0.05) is 55.6 Å². The Bertz CT molecular complexity index is 364. The molecule has 0 bridgehead atoms. The van der Waals surface area contributed by atoms with Gasteiger partial charge >= 0.3 is 0 Å². The van der Waals surface area contributed by atoms with E-state index in [9.17, 15) is 4.39 Å². The highest BCUT2D eigenvalue weighted by atomic mass is 79.9. The summed E-state index contributed by atoms with van der Waals surface area (Å²) in [7, 11) is 0. The fraction of sp³-hybridized carbons (Fsp3) is 0.600. The summed E-state index contributed by atoms with van der Waals surface area (Å²) in [6, 6.07) is 4.94. The molecule has 0 amide bonds. The van der Waals surface area contributed by atoms with Crippen LogP contribution in [0.5, 0.6) is 0 Å². The summed E-state index contributed by atoms with van der Waals surface area (Å²) in [5.74, 6) is 0.567. The van der Waals surface area contributed by atoms with Gasteiger partial charge in [-0.3, -0.25) is 4.90 Å². The lowest BCUT2D eigenvalue weighted by Crippen LogP contribution is -2.28. The van der Waals surface area contributed by atoms with Crippen molar-refractivity contribution in [1.82, 2.24) is 4.90 Å². The highest BCUT2D eigenvalue weighted by molar-refractivity contribution is 9.10. The van der Waals surface area contributed by atoms with Crippen LogP contribution in [0.3, 0.4) is 0 Å². The smallest absolute Gasteiger partial charge is 0.124 e. The third-order valence-electron chi connectivity index (χ3n) is 3.53. The molecular weight excluding hydrogens is 293 g/mol. The summed E-state index contributed by atoms with van der Waals surface area (Å²) in [6.45, 7) is 9.70. The van der Waals surface area contributed by atoms with Crippen molar-refractivity contribution in [3.05, 3.63) is 34.1 Å². The molecule has 0 fully saturated rings. The van der Waals surface area contributed by atoms with Gasteiger partial charge in [0.2, 0.25) is 0 Å². The third kappa shape index (κ3) is 4.69. The minimum atomic E-state index is -0.186. The van der Waals surface area contributed by atoms with Crippen LogP contribution >= 0.6 is 15.9 Å². The van der Waals surface area contributed by atoms with E-state index in [1.807, 2.05) is 6.07 Å². The van der Waals surface area contributed by atoms with Gasteiger partial charge in [0.05, 0.1) is 0 Å². The van der Waals surface area contributed by atoms with Crippen molar-refractivity contribution >= 4 is 15.9 Å². The fourth-order valence-corrected chi connectivity index (χ4v) is 2.58. The molecule has 0 aliphatic heterocycles. The molecule has 0 radical (unpaired) electrons. The molecule has 0 N–H and O–H groups in total. The van der Waals surface area contributed by atoms with E-state index in [-0.39, 0.29) is 5.82 Å². The van der Waals surface area contributed by atoms with E-state index < -0.39 is 0 Å². The molecule has 0 spiro atoms.